The molecule has 1 atom stereocenters. The van der Waals surface area contributed by atoms with E-state index in [2.05, 4.69) is 70.6 Å². The third-order valence-corrected chi connectivity index (χ3v) is 5.05. The molecule has 2 heterocycles. The summed E-state index contributed by atoms with van der Waals surface area (Å²) >= 11 is 1.74. The lowest BCUT2D eigenvalue weighted by Crippen LogP contribution is -2.43. The maximum absolute atomic E-state index is 4.76. The molecule has 0 radical (unpaired) electrons. The van der Waals surface area contributed by atoms with Crippen LogP contribution in [-0.4, -0.2) is 33.3 Å². The number of aromatic nitrogens is 3. The number of guanidine groups is 1. The third-order valence-electron chi connectivity index (χ3n) is 4.19. The van der Waals surface area contributed by atoms with Crippen molar-refractivity contribution < 1.29 is 0 Å². The molecule has 0 fully saturated rings. The molecule has 1 unspecified atom stereocenters. The summed E-state index contributed by atoms with van der Waals surface area (Å²) < 4.78 is 2.09. The van der Waals surface area contributed by atoms with Gasteiger partial charge in [0, 0.05) is 30.4 Å². The first-order valence-corrected chi connectivity index (χ1v) is 10.4. The topological polar surface area (TPSA) is 67.1 Å². The first kappa shape index (κ1) is 23.9. The molecule has 8 heteroatoms. The minimum absolute atomic E-state index is 0. The van der Waals surface area contributed by atoms with Crippen molar-refractivity contribution >= 4 is 41.3 Å². The van der Waals surface area contributed by atoms with Crippen molar-refractivity contribution in [3.8, 4) is 0 Å². The molecule has 2 rings (SSSR count). The van der Waals surface area contributed by atoms with Gasteiger partial charge in [0.15, 0.2) is 5.96 Å². The van der Waals surface area contributed by atoms with Crippen molar-refractivity contribution in [2.24, 2.45) is 10.9 Å². The molecule has 0 aliphatic carbocycles. The average molecular weight is 504 g/mol. The van der Waals surface area contributed by atoms with Crippen molar-refractivity contribution in [3.05, 3.63) is 34.5 Å². The molecule has 0 saturated heterocycles. The number of aliphatic imine (C=N–C) groups is 1. The van der Waals surface area contributed by atoms with E-state index in [9.17, 15) is 0 Å². The second kappa shape index (κ2) is 13.1. The Labute approximate surface area is 184 Å². The number of nitrogens with one attached hydrogen (secondary N) is 2. The molecule has 0 saturated carbocycles. The highest BCUT2D eigenvalue weighted by atomic mass is 127. The van der Waals surface area contributed by atoms with E-state index in [0.29, 0.717) is 12.6 Å². The fraction of sp³-hybridized carbons (Fsp3) is 0.632. The Morgan fingerprint density at radius 2 is 2.11 bits per heavy atom. The van der Waals surface area contributed by atoms with Gasteiger partial charge in [0.2, 0.25) is 0 Å². The molecular weight excluding hydrogens is 471 g/mol. The molecule has 6 nitrogen and oxygen atoms in total. The Hall–Kier alpha value is -1.16. The Morgan fingerprint density at radius 1 is 1.30 bits per heavy atom. The van der Waals surface area contributed by atoms with Gasteiger partial charge < -0.3 is 15.2 Å². The van der Waals surface area contributed by atoms with Gasteiger partial charge in [-0.1, -0.05) is 26.8 Å². The van der Waals surface area contributed by atoms with E-state index >= 15 is 0 Å². The monoisotopic (exact) mass is 504 g/mol. The Bertz CT molecular complexity index is 653. The highest BCUT2D eigenvalue weighted by Crippen LogP contribution is 2.10. The van der Waals surface area contributed by atoms with Crippen molar-refractivity contribution in [3.63, 3.8) is 0 Å². The molecule has 152 valence electrons. The van der Waals surface area contributed by atoms with Crippen LogP contribution >= 0.6 is 35.3 Å². The summed E-state index contributed by atoms with van der Waals surface area (Å²) in [6.45, 7) is 11.2. The zero-order valence-corrected chi connectivity index (χ0v) is 20.0. The van der Waals surface area contributed by atoms with Crippen LogP contribution in [0, 0.1) is 5.92 Å². The number of aryl methyl sites for hydroxylation is 1. The van der Waals surface area contributed by atoms with Crippen LogP contribution in [0.4, 0.5) is 0 Å². The van der Waals surface area contributed by atoms with Gasteiger partial charge in [-0.15, -0.1) is 45.5 Å². The number of hydrogen-bond acceptors (Lipinski definition) is 4. The van der Waals surface area contributed by atoms with Crippen molar-refractivity contribution in [1.82, 2.24) is 25.4 Å². The standard InChI is InChI=1S/C19H32N6S.HI/c1-5-18-24-22-14-25(18)11-10-20-19(21-13-17-7-6-12-26-17)23-16(4)9-8-15(2)3;/h6-7,12,14-16H,5,8-11,13H2,1-4H3,(H2,20,21,23);1H. The molecule has 0 amide bonds. The van der Waals surface area contributed by atoms with Gasteiger partial charge in [-0.2, -0.15) is 0 Å². The zero-order chi connectivity index (χ0) is 18.8. The van der Waals surface area contributed by atoms with Gasteiger partial charge in [-0.05, 0) is 37.1 Å². The lowest BCUT2D eigenvalue weighted by molar-refractivity contribution is 0.488. The van der Waals surface area contributed by atoms with Crippen LogP contribution in [0.25, 0.3) is 0 Å². The number of hydrogen-bond donors (Lipinski definition) is 2. The smallest absolute Gasteiger partial charge is 0.191 e. The molecule has 2 aromatic rings. The van der Waals surface area contributed by atoms with E-state index in [1.807, 2.05) is 0 Å². The Kier molecular flexibility index (Phi) is 11.6. The molecule has 0 bridgehead atoms. The SMILES string of the molecule is CCc1nncn1CCNC(=NCc1cccs1)NC(C)CCC(C)C.I. The lowest BCUT2D eigenvalue weighted by Gasteiger charge is -2.19. The summed E-state index contributed by atoms with van der Waals surface area (Å²) in [6, 6.07) is 4.59. The van der Waals surface area contributed by atoms with Gasteiger partial charge in [-0.3, -0.25) is 0 Å². The van der Waals surface area contributed by atoms with Crippen LogP contribution in [0.5, 0.6) is 0 Å². The molecular formula is C19H33IN6S. The molecule has 0 aromatic carbocycles. The minimum Gasteiger partial charge on any atom is -0.355 e. The maximum atomic E-state index is 4.76. The minimum atomic E-state index is 0. The Morgan fingerprint density at radius 3 is 2.78 bits per heavy atom. The largest absolute Gasteiger partial charge is 0.355 e. The fourth-order valence-electron chi connectivity index (χ4n) is 2.64. The summed E-state index contributed by atoms with van der Waals surface area (Å²) in [7, 11) is 0. The van der Waals surface area contributed by atoms with Crippen LogP contribution in [0.2, 0.25) is 0 Å². The molecule has 27 heavy (non-hydrogen) atoms. The molecule has 0 aliphatic heterocycles. The predicted molar refractivity (Wildman–Crippen MR) is 125 cm³/mol. The lowest BCUT2D eigenvalue weighted by atomic mass is 10.0. The highest BCUT2D eigenvalue weighted by Gasteiger charge is 2.08. The number of thiophene rings is 1. The van der Waals surface area contributed by atoms with E-state index < -0.39 is 0 Å². The summed E-state index contributed by atoms with van der Waals surface area (Å²) in [5, 5.41) is 17.2. The van der Waals surface area contributed by atoms with Crippen LogP contribution < -0.4 is 10.6 Å². The summed E-state index contributed by atoms with van der Waals surface area (Å²) in [5.41, 5.74) is 0. The predicted octanol–water partition coefficient (Wildman–Crippen LogP) is 4.08. The first-order chi connectivity index (χ1) is 12.6. The van der Waals surface area contributed by atoms with E-state index in [1.54, 1.807) is 17.7 Å². The normalized spacial score (nSPS) is 12.7. The molecule has 2 N–H and O–H groups in total. The van der Waals surface area contributed by atoms with Gasteiger partial charge in [0.25, 0.3) is 0 Å². The average Bonchev–Trinajstić information content (AvgIpc) is 3.29. The summed E-state index contributed by atoms with van der Waals surface area (Å²) in [6.07, 6.45) is 5.04. The quantitative estimate of drug-likeness (QED) is 0.291. The zero-order valence-electron chi connectivity index (χ0n) is 16.8. The Balaban J connectivity index is 0.00000364. The molecule has 2 aromatic heterocycles. The van der Waals surface area contributed by atoms with Crippen LogP contribution in [0.15, 0.2) is 28.8 Å². The van der Waals surface area contributed by atoms with E-state index in [0.717, 1.165) is 43.6 Å². The van der Waals surface area contributed by atoms with Gasteiger partial charge in [-0.25, -0.2) is 4.99 Å². The summed E-state index contributed by atoms with van der Waals surface area (Å²) in [5.74, 6) is 2.61. The third kappa shape index (κ3) is 9.05. The van der Waals surface area contributed by atoms with E-state index in [-0.39, 0.29) is 24.0 Å². The second-order valence-corrected chi connectivity index (χ2v) is 8.01. The summed E-state index contributed by atoms with van der Waals surface area (Å²) in [4.78, 5) is 6.03. The van der Waals surface area contributed by atoms with Gasteiger partial charge in [0.1, 0.15) is 12.2 Å². The van der Waals surface area contributed by atoms with Gasteiger partial charge >= 0.3 is 0 Å². The fourth-order valence-corrected chi connectivity index (χ4v) is 3.26. The number of halogens is 1. The highest BCUT2D eigenvalue weighted by molar-refractivity contribution is 14.0. The molecule has 0 aliphatic rings. The van der Waals surface area contributed by atoms with E-state index in [4.69, 9.17) is 4.99 Å². The molecule has 0 spiro atoms. The first-order valence-electron chi connectivity index (χ1n) is 9.52. The van der Waals surface area contributed by atoms with E-state index in [1.165, 1.54) is 11.3 Å². The van der Waals surface area contributed by atoms with Crippen LogP contribution in [0.3, 0.4) is 0 Å². The number of nitrogens with zero attached hydrogens (tertiary/aromatic N) is 4. The second-order valence-electron chi connectivity index (χ2n) is 6.98. The number of rotatable bonds is 10. The van der Waals surface area contributed by atoms with Crippen molar-refractivity contribution in [2.45, 2.75) is 66.1 Å². The van der Waals surface area contributed by atoms with Crippen molar-refractivity contribution in [1.29, 1.82) is 0 Å². The van der Waals surface area contributed by atoms with Crippen LogP contribution in [-0.2, 0) is 19.5 Å². The van der Waals surface area contributed by atoms with Gasteiger partial charge in [0.05, 0.1) is 6.54 Å². The van der Waals surface area contributed by atoms with Crippen LogP contribution in [0.1, 0.15) is 51.2 Å². The maximum Gasteiger partial charge on any atom is 0.191 e. The van der Waals surface area contributed by atoms with Crippen molar-refractivity contribution in [2.75, 3.05) is 6.54 Å².